The molecule has 1 aromatic heterocycles. The number of carbonyl (C=O) groups excluding carboxylic acids is 1. The van der Waals surface area contributed by atoms with Crippen molar-refractivity contribution in [2.24, 2.45) is 5.10 Å². The van der Waals surface area contributed by atoms with Crippen LogP contribution in [0.3, 0.4) is 0 Å². The first-order chi connectivity index (χ1) is 14.6. The van der Waals surface area contributed by atoms with Crippen molar-refractivity contribution in [2.45, 2.75) is 12.5 Å². The Hall–Kier alpha value is -2.77. The van der Waals surface area contributed by atoms with Gasteiger partial charge >= 0.3 is 0 Å². The van der Waals surface area contributed by atoms with E-state index in [2.05, 4.69) is 36.8 Å². The Kier molecular flexibility index (Phi) is 5.00. The molecular formula is C23H16Br2N4O. The number of nitrogens with one attached hydrogen (secondary N) is 1. The molecule has 4 aromatic rings. The molecule has 30 heavy (non-hydrogen) atoms. The largest absolute Gasteiger partial charge is 0.340 e. The number of nitrogens with zero attached hydrogens (tertiary/aromatic N) is 3. The molecule has 1 atom stereocenters. The van der Waals surface area contributed by atoms with Gasteiger partial charge in [0.1, 0.15) is 11.9 Å². The lowest BCUT2D eigenvalue weighted by Crippen LogP contribution is -2.27. The number of hydrazone groups is 1. The standard InChI is InChI=1S/C23H16Br2N4O/c24-16-9-5-14(6-10-16)20-13-21(22-26-18-3-1-2-4-19(18)27-22)29(28-20)23(30)15-7-11-17(25)12-8-15/h1-12,21H,13H2,(H,26,27)/t21-/m1/s1. The number of halogens is 2. The number of benzene rings is 3. The lowest BCUT2D eigenvalue weighted by molar-refractivity contribution is 0.0705. The molecule has 7 heteroatoms. The second-order valence-corrected chi connectivity index (χ2v) is 8.90. The molecule has 0 saturated heterocycles. The normalized spacial score (nSPS) is 16.1. The zero-order valence-electron chi connectivity index (χ0n) is 15.7. The van der Waals surface area contributed by atoms with E-state index in [1.165, 1.54) is 0 Å². The number of aromatic amines is 1. The molecule has 0 fully saturated rings. The van der Waals surface area contributed by atoms with E-state index in [0.29, 0.717) is 12.0 Å². The molecule has 0 bridgehead atoms. The Labute approximate surface area is 190 Å². The van der Waals surface area contributed by atoms with Crippen LogP contribution in [0, 0.1) is 0 Å². The van der Waals surface area contributed by atoms with Gasteiger partial charge in [0.15, 0.2) is 0 Å². The summed E-state index contributed by atoms with van der Waals surface area (Å²) in [6, 6.07) is 22.9. The molecule has 5 rings (SSSR count). The highest BCUT2D eigenvalue weighted by molar-refractivity contribution is 9.10. The fourth-order valence-corrected chi connectivity index (χ4v) is 4.11. The molecule has 0 aliphatic carbocycles. The fourth-order valence-electron chi connectivity index (χ4n) is 3.58. The molecule has 0 unspecified atom stereocenters. The van der Waals surface area contributed by atoms with Crippen LogP contribution in [0.25, 0.3) is 11.0 Å². The van der Waals surface area contributed by atoms with Gasteiger partial charge in [0.2, 0.25) is 0 Å². The third-order valence-electron chi connectivity index (χ3n) is 5.11. The Morgan fingerprint density at radius 3 is 2.30 bits per heavy atom. The minimum Gasteiger partial charge on any atom is -0.340 e. The Morgan fingerprint density at radius 2 is 1.60 bits per heavy atom. The van der Waals surface area contributed by atoms with Crippen molar-refractivity contribution in [3.63, 3.8) is 0 Å². The Balaban J connectivity index is 1.56. The van der Waals surface area contributed by atoms with Gasteiger partial charge < -0.3 is 4.98 Å². The van der Waals surface area contributed by atoms with Crippen LogP contribution in [0.4, 0.5) is 0 Å². The number of amides is 1. The highest BCUT2D eigenvalue weighted by Gasteiger charge is 2.35. The summed E-state index contributed by atoms with van der Waals surface area (Å²) in [5, 5.41) is 6.28. The number of hydrogen-bond donors (Lipinski definition) is 1. The number of fused-ring (bicyclic) bond motifs is 1. The van der Waals surface area contributed by atoms with Crippen molar-refractivity contribution in [3.8, 4) is 0 Å². The van der Waals surface area contributed by atoms with Gasteiger partial charge in [-0.05, 0) is 54.1 Å². The lowest BCUT2D eigenvalue weighted by Gasteiger charge is -2.20. The van der Waals surface area contributed by atoms with Gasteiger partial charge in [0.25, 0.3) is 5.91 Å². The molecule has 1 N–H and O–H groups in total. The van der Waals surface area contributed by atoms with Crippen LogP contribution >= 0.6 is 31.9 Å². The van der Waals surface area contributed by atoms with Gasteiger partial charge in [-0.15, -0.1) is 0 Å². The minimum atomic E-state index is -0.299. The number of imidazole rings is 1. The van der Waals surface area contributed by atoms with Crippen molar-refractivity contribution in [1.29, 1.82) is 0 Å². The molecule has 3 aromatic carbocycles. The first-order valence-electron chi connectivity index (χ1n) is 9.46. The third kappa shape index (κ3) is 3.59. The molecule has 0 radical (unpaired) electrons. The highest BCUT2D eigenvalue weighted by Crippen LogP contribution is 2.34. The van der Waals surface area contributed by atoms with Crippen LogP contribution in [0.5, 0.6) is 0 Å². The summed E-state index contributed by atoms with van der Waals surface area (Å²) in [4.78, 5) is 21.5. The number of carbonyl (C=O) groups is 1. The zero-order valence-corrected chi connectivity index (χ0v) is 18.9. The molecular weight excluding hydrogens is 508 g/mol. The summed E-state index contributed by atoms with van der Waals surface area (Å²) in [6.45, 7) is 0. The maximum atomic E-state index is 13.3. The summed E-state index contributed by atoms with van der Waals surface area (Å²) in [5.41, 5.74) is 4.25. The number of H-pyrrole nitrogens is 1. The zero-order chi connectivity index (χ0) is 20.7. The van der Waals surface area contributed by atoms with Crippen molar-refractivity contribution in [1.82, 2.24) is 15.0 Å². The van der Waals surface area contributed by atoms with E-state index in [1.807, 2.05) is 60.7 Å². The molecule has 1 amide bonds. The van der Waals surface area contributed by atoms with Gasteiger partial charge in [-0.25, -0.2) is 9.99 Å². The molecule has 0 spiro atoms. The summed E-state index contributed by atoms with van der Waals surface area (Å²) in [6.07, 6.45) is 0.587. The smallest absolute Gasteiger partial charge is 0.274 e. The summed E-state index contributed by atoms with van der Waals surface area (Å²) < 4.78 is 1.93. The summed E-state index contributed by atoms with van der Waals surface area (Å²) in [5.74, 6) is 0.581. The van der Waals surface area contributed by atoms with E-state index in [-0.39, 0.29) is 11.9 Å². The maximum absolute atomic E-state index is 13.3. The van der Waals surface area contributed by atoms with Crippen molar-refractivity contribution >= 4 is 54.5 Å². The van der Waals surface area contributed by atoms with Crippen LogP contribution in [-0.2, 0) is 0 Å². The third-order valence-corrected chi connectivity index (χ3v) is 6.17. The molecule has 2 heterocycles. The van der Waals surface area contributed by atoms with E-state index < -0.39 is 0 Å². The first-order valence-corrected chi connectivity index (χ1v) is 11.0. The number of hydrogen-bond acceptors (Lipinski definition) is 3. The predicted molar refractivity (Wildman–Crippen MR) is 124 cm³/mol. The Morgan fingerprint density at radius 1 is 0.933 bits per heavy atom. The first kappa shape index (κ1) is 19.2. The fraction of sp³-hybridized carbons (Fsp3) is 0.0870. The van der Waals surface area contributed by atoms with E-state index in [9.17, 15) is 4.79 Å². The van der Waals surface area contributed by atoms with Gasteiger partial charge in [0.05, 0.1) is 16.7 Å². The SMILES string of the molecule is O=C(c1ccc(Br)cc1)N1N=C(c2ccc(Br)cc2)C[C@@H]1c1nc2ccccc2[nH]1. The monoisotopic (exact) mass is 522 g/mol. The molecule has 5 nitrogen and oxygen atoms in total. The number of aromatic nitrogens is 2. The molecule has 0 saturated carbocycles. The molecule has 148 valence electrons. The molecule has 1 aliphatic heterocycles. The summed E-state index contributed by atoms with van der Waals surface area (Å²) >= 11 is 6.89. The van der Waals surface area contributed by atoms with Crippen molar-refractivity contribution < 1.29 is 4.79 Å². The van der Waals surface area contributed by atoms with Crippen molar-refractivity contribution in [2.75, 3.05) is 0 Å². The van der Waals surface area contributed by atoms with E-state index >= 15 is 0 Å². The molecule has 1 aliphatic rings. The van der Waals surface area contributed by atoms with E-state index in [4.69, 9.17) is 10.1 Å². The summed E-state index contributed by atoms with van der Waals surface area (Å²) in [7, 11) is 0. The average molecular weight is 524 g/mol. The second-order valence-electron chi connectivity index (χ2n) is 7.07. The van der Waals surface area contributed by atoms with Crippen LogP contribution in [0.15, 0.2) is 86.8 Å². The van der Waals surface area contributed by atoms with E-state index in [0.717, 1.165) is 37.1 Å². The van der Waals surface area contributed by atoms with Crippen LogP contribution in [0.2, 0.25) is 0 Å². The lowest BCUT2D eigenvalue weighted by atomic mass is 10.0. The topological polar surface area (TPSA) is 61.4 Å². The predicted octanol–water partition coefficient (Wildman–Crippen LogP) is 6.08. The van der Waals surface area contributed by atoms with Gasteiger partial charge in [-0.3, -0.25) is 4.79 Å². The van der Waals surface area contributed by atoms with Crippen LogP contribution in [-0.4, -0.2) is 26.6 Å². The van der Waals surface area contributed by atoms with Gasteiger partial charge in [0, 0.05) is 20.9 Å². The van der Waals surface area contributed by atoms with E-state index in [1.54, 1.807) is 17.1 Å². The van der Waals surface area contributed by atoms with Gasteiger partial charge in [-0.2, -0.15) is 5.10 Å². The number of para-hydroxylation sites is 2. The highest BCUT2D eigenvalue weighted by atomic mass is 79.9. The Bertz CT molecular complexity index is 1230. The number of rotatable bonds is 3. The van der Waals surface area contributed by atoms with Crippen LogP contribution in [0.1, 0.15) is 34.2 Å². The quantitative estimate of drug-likeness (QED) is 0.353. The second kappa shape index (κ2) is 7.81. The van der Waals surface area contributed by atoms with Crippen molar-refractivity contribution in [3.05, 3.63) is 98.7 Å². The minimum absolute atomic E-state index is 0.153. The maximum Gasteiger partial charge on any atom is 0.274 e. The average Bonchev–Trinajstić information content (AvgIpc) is 3.39. The van der Waals surface area contributed by atoms with Crippen LogP contribution < -0.4 is 0 Å². The van der Waals surface area contributed by atoms with Gasteiger partial charge in [-0.1, -0.05) is 56.1 Å².